The van der Waals surface area contributed by atoms with Crippen molar-refractivity contribution < 1.29 is 24.1 Å². The number of aromatic carboxylic acids is 1. The van der Waals surface area contributed by atoms with Gasteiger partial charge in [-0.1, -0.05) is 12.1 Å². The highest BCUT2D eigenvalue weighted by atomic mass is 19.1. The normalized spacial score (nSPS) is 10.8. The lowest BCUT2D eigenvalue weighted by Gasteiger charge is -2.06. The maximum absolute atomic E-state index is 13.5. The smallest absolute Gasteiger partial charge is 0.356 e. The van der Waals surface area contributed by atoms with Gasteiger partial charge in [-0.15, -0.1) is 0 Å². The van der Waals surface area contributed by atoms with Gasteiger partial charge in [0.25, 0.3) is 0 Å². The van der Waals surface area contributed by atoms with Crippen molar-refractivity contribution in [2.24, 2.45) is 0 Å². The first kappa shape index (κ1) is 13.9. The minimum Gasteiger partial charge on any atom is -0.506 e. The lowest BCUT2D eigenvalue weighted by Crippen LogP contribution is -2.02. The van der Waals surface area contributed by atoms with Gasteiger partial charge in [-0.3, -0.25) is 4.40 Å². The van der Waals surface area contributed by atoms with Crippen molar-refractivity contribution in [1.82, 2.24) is 9.38 Å². The molecule has 1 aromatic carbocycles. The van der Waals surface area contributed by atoms with E-state index in [-0.39, 0.29) is 35.1 Å². The van der Waals surface area contributed by atoms with Crippen LogP contribution in [0.3, 0.4) is 0 Å². The van der Waals surface area contributed by atoms with Crippen molar-refractivity contribution in [3.63, 3.8) is 0 Å². The van der Waals surface area contributed by atoms with E-state index in [2.05, 4.69) is 4.98 Å². The summed E-state index contributed by atoms with van der Waals surface area (Å²) in [5.74, 6) is -1.71. The second-order valence-corrected chi connectivity index (χ2v) is 4.51. The molecular formula is C15H11FN2O4. The Morgan fingerprint density at radius 2 is 2.05 bits per heavy atom. The summed E-state index contributed by atoms with van der Waals surface area (Å²) in [5.41, 5.74) is -0.215. The third kappa shape index (κ3) is 2.32. The summed E-state index contributed by atoms with van der Waals surface area (Å²) in [5, 5.41) is 19.0. The number of aromatic hydroxyl groups is 1. The van der Waals surface area contributed by atoms with Crippen LogP contribution in [0.25, 0.3) is 5.52 Å². The Balaban J connectivity index is 2.00. The Kier molecular flexibility index (Phi) is 3.38. The van der Waals surface area contributed by atoms with Crippen LogP contribution in [0.1, 0.15) is 16.3 Å². The molecule has 0 atom stereocenters. The molecule has 0 aliphatic carbocycles. The van der Waals surface area contributed by atoms with E-state index < -0.39 is 11.8 Å². The number of rotatable bonds is 4. The van der Waals surface area contributed by atoms with E-state index in [9.17, 15) is 14.3 Å². The van der Waals surface area contributed by atoms with E-state index in [1.807, 2.05) is 0 Å². The monoisotopic (exact) mass is 302 g/mol. The molecule has 0 fully saturated rings. The van der Waals surface area contributed by atoms with Crippen molar-refractivity contribution in [1.29, 1.82) is 0 Å². The number of nitrogens with zero attached hydrogens (tertiary/aromatic N) is 2. The molecule has 6 nitrogen and oxygen atoms in total. The van der Waals surface area contributed by atoms with Gasteiger partial charge in [0.15, 0.2) is 23.1 Å². The highest BCUT2D eigenvalue weighted by Crippen LogP contribution is 2.24. The van der Waals surface area contributed by atoms with Gasteiger partial charge >= 0.3 is 5.97 Å². The number of hydrogen-bond donors (Lipinski definition) is 2. The fraction of sp³-hybridized carbons (Fsp3) is 0.0667. The number of aromatic nitrogens is 2. The van der Waals surface area contributed by atoms with Crippen LogP contribution >= 0.6 is 0 Å². The number of pyridine rings is 1. The number of para-hydroxylation sites is 1. The predicted octanol–water partition coefficient (Wildman–Crippen LogP) is 2.46. The second-order valence-electron chi connectivity index (χ2n) is 4.51. The van der Waals surface area contributed by atoms with E-state index in [4.69, 9.17) is 9.84 Å². The van der Waals surface area contributed by atoms with Crippen molar-refractivity contribution in [3.8, 4) is 11.5 Å². The summed E-state index contributed by atoms with van der Waals surface area (Å²) < 4.78 is 20.3. The van der Waals surface area contributed by atoms with Crippen LogP contribution < -0.4 is 4.74 Å². The zero-order chi connectivity index (χ0) is 15.7. The fourth-order valence-electron chi connectivity index (χ4n) is 2.14. The van der Waals surface area contributed by atoms with E-state index in [0.29, 0.717) is 0 Å². The lowest BCUT2D eigenvalue weighted by molar-refractivity contribution is 0.0692. The predicted molar refractivity (Wildman–Crippen MR) is 74.5 cm³/mol. The molecule has 0 amide bonds. The largest absolute Gasteiger partial charge is 0.506 e. The number of carbonyl (C=O) groups is 1. The average Bonchev–Trinajstić information content (AvgIpc) is 2.87. The van der Waals surface area contributed by atoms with Crippen molar-refractivity contribution in [3.05, 3.63) is 59.9 Å². The van der Waals surface area contributed by atoms with Gasteiger partial charge < -0.3 is 14.9 Å². The van der Waals surface area contributed by atoms with Crippen molar-refractivity contribution >= 4 is 11.5 Å². The molecule has 0 unspecified atom stereocenters. The Morgan fingerprint density at radius 1 is 1.27 bits per heavy atom. The number of carboxylic acid groups (broad SMARTS) is 1. The number of fused-ring (bicyclic) bond motifs is 1. The summed E-state index contributed by atoms with van der Waals surface area (Å²) in [4.78, 5) is 15.2. The molecule has 2 heterocycles. The molecule has 2 N–H and O–H groups in total. The number of ether oxygens (including phenoxy) is 1. The molecule has 0 spiro atoms. The molecular weight excluding hydrogens is 291 g/mol. The second kappa shape index (κ2) is 5.36. The summed E-state index contributed by atoms with van der Waals surface area (Å²) in [6, 6.07) is 8.78. The van der Waals surface area contributed by atoms with Crippen LogP contribution in [0.2, 0.25) is 0 Å². The molecule has 112 valence electrons. The number of halogens is 1. The highest BCUT2D eigenvalue weighted by Gasteiger charge is 2.19. The van der Waals surface area contributed by atoms with E-state index in [1.165, 1.54) is 28.7 Å². The number of carboxylic acids is 1. The first-order valence-corrected chi connectivity index (χ1v) is 6.37. The molecule has 3 rings (SSSR count). The Bertz CT molecular complexity index is 860. The minimum absolute atomic E-state index is 0.0382. The first-order valence-electron chi connectivity index (χ1n) is 6.37. The number of benzene rings is 1. The lowest BCUT2D eigenvalue weighted by atomic mass is 10.3. The van der Waals surface area contributed by atoms with Gasteiger partial charge in [0.1, 0.15) is 17.9 Å². The highest BCUT2D eigenvalue weighted by molar-refractivity contribution is 5.95. The van der Waals surface area contributed by atoms with E-state index in [1.54, 1.807) is 18.3 Å². The number of hydrogen-bond acceptors (Lipinski definition) is 4. The molecule has 0 aliphatic heterocycles. The van der Waals surface area contributed by atoms with Gasteiger partial charge in [-0.2, -0.15) is 0 Å². The molecule has 22 heavy (non-hydrogen) atoms. The quantitative estimate of drug-likeness (QED) is 0.773. The van der Waals surface area contributed by atoms with Crippen LogP contribution in [0.5, 0.6) is 11.5 Å². The molecule has 2 aromatic heterocycles. The van der Waals surface area contributed by atoms with Crippen LogP contribution in [-0.2, 0) is 6.61 Å². The third-order valence-corrected chi connectivity index (χ3v) is 3.11. The van der Waals surface area contributed by atoms with Crippen LogP contribution in [-0.4, -0.2) is 25.6 Å². The zero-order valence-corrected chi connectivity index (χ0v) is 11.2. The van der Waals surface area contributed by atoms with Gasteiger partial charge in [-0.05, 0) is 24.3 Å². The summed E-state index contributed by atoms with van der Waals surface area (Å²) in [7, 11) is 0. The summed E-state index contributed by atoms with van der Waals surface area (Å²) in [6.45, 7) is -0.140. The van der Waals surface area contributed by atoms with Crippen molar-refractivity contribution in [2.45, 2.75) is 6.61 Å². The zero-order valence-electron chi connectivity index (χ0n) is 11.2. The standard InChI is InChI=1S/C15H11FN2O4/c16-9-4-1-2-6-11(9)22-8-12-17-13(15(20)21)14-10(19)5-3-7-18(12)14/h1-7,19H,8H2,(H,20,21). The van der Waals surface area contributed by atoms with E-state index in [0.717, 1.165) is 0 Å². The fourth-order valence-corrected chi connectivity index (χ4v) is 2.14. The van der Waals surface area contributed by atoms with Gasteiger partial charge in [0.2, 0.25) is 0 Å². The molecule has 0 bridgehead atoms. The van der Waals surface area contributed by atoms with Crippen LogP contribution in [0.4, 0.5) is 4.39 Å². The van der Waals surface area contributed by atoms with E-state index >= 15 is 0 Å². The summed E-state index contributed by atoms with van der Waals surface area (Å²) >= 11 is 0. The average molecular weight is 302 g/mol. The van der Waals surface area contributed by atoms with Gasteiger partial charge in [0, 0.05) is 6.20 Å². The number of imidazole rings is 1. The SMILES string of the molecule is O=C(O)c1nc(COc2ccccc2F)n2cccc(O)c12. The first-order chi connectivity index (χ1) is 10.6. The molecule has 3 aromatic rings. The molecule has 0 aliphatic rings. The molecule has 7 heteroatoms. The Labute approximate surface area is 124 Å². The molecule has 0 radical (unpaired) electrons. The molecule has 0 saturated carbocycles. The van der Waals surface area contributed by atoms with Crippen molar-refractivity contribution in [2.75, 3.05) is 0 Å². The van der Waals surface area contributed by atoms with Gasteiger partial charge in [-0.25, -0.2) is 14.2 Å². The van der Waals surface area contributed by atoms with Crippen LogP contribution in [0, 0.1) is 5.82 Å². The van der Waals surface area contributed by atoms with Crippen LogP contribution in [0.15, 0.2) is 42.6 Å². The third-order valence-electron chi connectivity index (χ3n) is 3.11. The Hall–Kier alpha value is -3.09. The molecule has 0 saturated heterocycles. The summed E-state index contributed by atoms with van der Waals surface area (Å²) in [6.07, 6.45) is 1.55. The Morgan fingerprint density at radius 3 is 2.77 bits per heavy atom. The maximum atomic E-state index is 13.5. The van der Waals surface area contributed by atoms with Gasteiger partial charge in [0.05, 0.1) is 0 Å². The topological polar surface area (TPSA) is 84.1 Å². The minimum atomic E-state index is -1.27. The maximum Gasteiger partial charge on any atom is 0.356 e.